The molecule has 0 bridgehead atoms. The van der Waals surface area contributed by atoms with E-state index in [0.29, 0.717) is 10.2 Å². The summed E-state index contributed by atoms with van der Waals surface area (Å²) >= 11 is 3.08. The monoisotopic (exact) mass is 205 g/mol. The van der Waals surface area contributed by atoms with E-state index in [0.717, 1.165) is 0 Å². The van der Waals surface area contributed by atoms with Crippen LogP contribution >= 0.6 is 15.9 Å². The van der Waals surface area contributed by atoms with Crippen LogP contribution in [0.15, 0.2) is 22.7 Å². The molecule has 0 heterocycles. The van der Waals surface area contributed by atoms with E-state index in [4.69, 9.17) is 5.90 Å². The first kappa shape index (κ1) is 7.50. The van der Waals surface area contributed by atoms with Gasteiger partial charge < -0.3 is 4.84 Å². The average Bonchev–Trinajstić information content (AvgIpc) is 1.85. The van der Waals surface area contributed by atoms with E-state index in [1.54, 1.807) is 6.07 Å². The molecule has 54 valence electrons. The fraction of sp³-hybridized carbons (Fsp3) is 0. The van der Waals surface area contributed by atoms with Crippen LogP contribution in [0.2, 0.25) is 0 Å². The molecule has 1 aromatic carbocycles. The molecule has 2 nitrogen and oxygen atoms in total. The highest BCUT2D eigenvalue weighted by Crippen LogP contribution is 2.19. The van der Waals surface area contributed by atoms with Crippen LogP contribution < -0.4 is 10.7 Å². The Morgan fingerprint density at radius 2 is 2.10 bits per heavy atom. The van der Waals surface area contributed by atoms with Gasteiger partial charge in [-0.1, -0.05) is 15.9 Å². The molecule has 1 aromatic rings. The largest absolute Gasteiger partial charge is 0.411 e. The molecule has 0 fully saturated rings. The van der Waals surface area contributed by atoms with Gasteiger partial charge in [0.15, 0.2) is 5.75 Å². The highest BCUT2D eigenvalue weighted by atomic mass is 79.9. The maximum absolute atomic E-state index is 12.4. The molecule has 0 aliphatic rings. The summed E-state index contributed by atoms with van der Waals surface area (Å²) in [6.07, 6.45) is 0. The molecule has 0 saturated heterocycles. The predicted molar refractivity (Wildman–Crippen MR) is 38.9 cm³/mol. The van der Waals surface area contributed by atoms with Gasteiger partial charge in [0, 0.05) is 10.5 Å². The van der Waals surface area contributed by atoms with Gasteiger partial charge in [0.2, 0.25) is 0 Å². The zero-order valence-electron chi connectivity index (χ0n) is 4.97. The molecule has 0 spiro atoms. The Morgan fingerprint density at radius 3 is 2.60 bits per heavy atom. The Bertz CT molecular complexity index is 221. The van der Waals surface area contributed by atoms with Gasteiger partial charge in [-0.15, -0.1) is 0 Å². The molecule has 0 atom stereocenters. The second-order valence-electron chi connectivity index (χ2n) is 1.72. The number of benzene rings is 1. The first-order valence-corrected chi connectivity index (χ1v) is 3.34. The molecule has 10 heavy (non-hydrogen) atoms. The minimum absolute atomic E-state index is 0.298. The van der Waals surface area contributed by atoms with Crippen molar-refractivity contribution >= 4 is 15.9 Å². The lowest BCUT2D eigenvalue weighted by Gasteiger charge is -1.97. The van der Waals surface area contributed by atoms with Crippen molar-refractivity contribution < 1.29 is 9.23 Å². The maximum atomic E-state index is 12.4. The van der Waals surface area contributed by atoms with E-state index < -0.39 is 0 Å². The van der Waals surface area contributed by atoms with E-state index in [9.17, 15) is 4.39 Å². The fourth-order valence-electron chi connectivity index (χ4n) is 0.597. The second kappa shape index (κ2) is 2.98. The summed E-state index contributed by atoms with van der Waals surface area (Å²) in [6.45, 7) is 0. The third kappa shape index (κ3) is 1.68. The Hall–Kier alpha value is -0.610. The molecule has 0 saturated carbocycles. The summed E-state index contributed by atoms with van der Waals surface area (Å²) in [5.74, 6) is 4.72. The van der Waals surface area contributed by atoms with Crippen molar-refractivity contribution in [3.8, 4) is 5.75 Å². The Labute approximate surface area is 65.9 Å². The summed E-state index contributed by atoms with van der Waals surface area (Å²) in [7, 11) is 0. The number of hydrogen-bond donors (Lipinski definition) is 1. The normalized spacial score (nSPS) is 9.50. The van der Waals surface area contributed by atoms with Crippen LogP contribution in [0.1, 0.15) is 0 Å². The molecule has 2 N–H and O–H groups in total. The van der Waals surface area contributed by atoms with Crippen molar-refractivity contribution in [2.75, 3.05) is 0 Å². The summed E-state index contributed by atoms with van der Waals surface area (Å²) in [4.78, 5) is 4.31. The zero-order chi connectivity index (χ0) is 7.56. The molecule has 0 aliphatic carbocycles. The summed E-state index contributed by atoms with van der Waals surface area (Å²) in [6, 6.07) is 4.09. The van der Waals surface area contributed by atoms with Crippen LogP contribution in [0, 0.1) is 5.82 Å². The minimum Gasteiger partial charge on any atom is -0.411 e. The first-order chi connectivity index (χ1) is 4.72. The van der Waals surface area contributed by atoms with Crippen molar-refractivity contribution in [3.05, 3.63) is 28.5 Å². The quantitative estimate of drug-likeness (QED) is 0.711. The zero-order valence-corrected chi connectivity index (χ0v) is 6.56. The SMILES string of the molecule is NOc1cc(F)cc(Br)c1. The van der Waals surface area contributed by atoms with Gasteiger partial charge in [-0.2, -0.15) is 5.90 Å². The van der Waals surface area contributed by atoms with Crippen LogP contribution in [0.3, 0.4) is 0 Å². The van der Waals surface area contributed by atoms with E-state index in [-0.39, 0.29) is 5.82 Å². The number of nitrogens with two attached hydrogens (primary N) is 1. The Kier molecular flexibility index (Phi) is 2.24. The van der Waals surface area contributed by atoms with Crippen LogP contribution in [0.5, 0.6) is 5.75 Å². The summed E-state index contributed by atoms with van der Waals surface area (Å²) in [5.41, 5.74) is 0. The summed E-state index contributed by atoms with van der Waals surface area (Å²) in [5, 5.41) is 0. The maximum Gasteiger partial charge on any atom is 0.150 e. The number of halogens is 2. The molecular formula is C6H5BrFNO. The lowest BCUT2D eigenvalue weighted by molar-refractivity contribution is 0.332. The Morgan fingerprint density at radius 1 is 1.40 bits per heavy atom. The fourth-order valence-corrected chi connectivity index (χ4v) is 1.04. The van der Waals surface area contributed by atoms with Gasteiger partial charge in [0.25, 0.3) is 0 Å². The predicted octanol–water partition coefficient (Wildman–Crippen LogP) is 1.84. The average molecular weight is 206 g/mol. The van der Waals surface area contributed by atoms with Gasteiger partial charge >= 0.3 is 0 Å². The van der Waals surface area contributed by atoms with Crippen LogP contribution in [-0.4, -0.2) is 0 Å². The molecule has 0 radical (unpaired) electrons. The third-order valence-corrected chi connectivity index (χ3v) is 1.43. The van der Waals surface area contributed by atoms with Crippen molar-refractivity contribution in [3.63, 3.8) is 0 Å². The van der Waals surface area contributed by atoms with Crippen molar-refractivity contribution in [1.82, 2.24) is 0 Å². The second-order valence-corrected chi connectivity index (χ2v) is 2.64. The van der Waals surface area contributed by atoms with Gasteiger partial charge in [-0.25, -0.2) is 4.39 Å². The van der Waals surface area contributed by atoms with Gasteiger partial charge in [0.1, 0.15) is 5.82 Å². The van der Waals surface area contributed by atoms with Crippen molar-refractivity contribution in [1.29, 1.82) is 0 Å². The third-order valence-electron chi connectivity index (χ3n) is 0.972. The molecule has 4 heteroatoms. The first-order valence-electron chi connectivity index (χ1n) is 2.55. The lowest BCUT2D eigenvalue weighted by atomic mass is 10.3. The van der Waals surface area contributed by atoms with Gasteiger partial charge in [-0.3, -0.25) is 0 Å². The standard InChI is InChI=1S/C6H5BrFNO/c7-4-1-5(8)3-6(2-4)10-9/h1-3H,9H2. The molecule has 1 rings (SSSR count). The highest BCUT2D eigenvalue weighted by Gasteiger charge is 1.97. The molecule has 0 unspecified atom stereocenters. The van der Waals surface area contributed by atoms with E-state index in [1.165, 1.54) is 12.1 Å². The van der Waals surface area contributed by atoms with Crippen LogP contribution in [0.4, 0.5) is 4.39 Å². The van der Waals surface area contributed by atoms with E-state index in [2.05, 4.69) is 20.8 Å². The smallest absolute Gasteiger partial charge is 0.150 e. The molecule has 0 aliphatic heterocycles. The molecule has 0 amide bonds. The number of hydrogen-bond acceptors (Lipinski definition) is 2. The topological polar surface area (TPSA) is 35.2 Å². The Balaban J connectivity index is 3.06. The highest BCUT2D eigenvalue weighted by molar-refractivity contribution is 9.10. The molecule has 0 aromatic heterocycles. The lowest BCUT2D eigenvalue weighted by Crippen LogP contribution is -2.01. The minimum atomic E-state index is -0.380. The van der Waals surface area contributed by atoms with Crippen molar-refractivity contribution in [2.45, 2.75) is 0 Å². The van der Waals surface area contributed by atoms with E-state index >= 15 is 0 Å². The molecular weight excluding hydrogens is 201 g/mol. The van der Waals surface area contributed by atoms with Gasteiger partial charge in [-0.05, 0) is 12.1 Å². The van der Waals surface area contributed by atoms with Crippen LogP contribution in [0.25, 0.3) is 0 Å². The van der Waals surface area contributed by atoms with Crippen LogP contribution in [-0.2, 0) is 0 Å². The number of rotatable bonds is 1. The van der Waals surface area contributed by atoms with Gasteiger partial charge in [0.05, 0.1) is 0 Å². The van der Waals surface area contributed by atoms with E-state index in [1.807, 2.05) is 0 Å². The summed E-state index contributed by atoms with van der Waals surface area (Å²) < 4.78 is 13.1. The van der Waals surface area contributed by atoms with Crippen molar-refractivity contribution in [2.24, 2.45) is 5.90 Å².